The molecule has 0 fully saturated rings. The van der Waals surface area contributed by atoms with Gasteiger partial charge in [-0.1, -0.05) is 18.2 Å². The Bertz CT molecular complexity index is 1020. The maximum absolute atomic E-state index is 13.5. The van der Waals surface area contributed by atoms with Crippen molar-refractivity contribution in [1.29, 1.82) is 0 Å². The number of hydrogen-bond donors (Lipinski definition) is 2. The highest BCUT2D eigenvalue weighted by Crippen LogP contribution is 2.27. The van der Waals surface area contributed by atoms with Gasteiger partial charge in [0.2, 0.25) is 6.04 Å². The van der Waals surface area contributed by atoms with Gasteiger partial charge in [0.1, 0.15) is 11.4 Å². The molecule has 2 aromatic carbocycles. The van der Waals surface area contributed by atoms with E-state index in [0.717, 1.165) is 10.3 Å². The lowest BCUT2D eigenvalue weighted by molar-refractivity contribution is -0.500. The van der Waals surface area contributed by atoms with Gasteiger partial charge < -0.3 is 20.2 Å². The van der Waals surface area contributed by atoms with Crippen LogP contribution in [0.25, 0.3) is 10.9 Å². The van der Waals surface area contributed by atoms with Crippen molar-refractivity contribution in [2.75, 3.05) is 6.54 Å². The van der Waals surface area contributed by atoms with E-state index in [1.807, 2.05) is 30.3 Å². The molecule has 3 aromatic rings. The molecule has 1 aromatic heterocycles. The van der Waals surface area contributed by atoms with Gasteiger partial charge in [0, 0.05) is 28.2 Å². The second-order valence-electron chi connectivity index (χ2n) is 7.73. The molecule has 1 unspecified atom stereocenters. The van der Waals surface area contributed by atoms with Crippen LogP contribution >= 0.6 is 0 Å². The van der Waals surface area contributed by atoms with Crippen LogP contribution < -0.4 is 5.32 Å². The summed E-state index contributed by atoms with van der Waals surface area (Å²) >= 11 is 0. The number of aromatic nitrogens is 1. The van der Waals surface area contributed by atoms with Crippen LogP contribution in [0.2, 0.25) is 0 Å². The molecule has 29 heavy (non-hydrogen) atoms. The molecule has 0 aliphatic rings. The predicted octanol–water partition coefficient (Wildman–Crippen LogP) is 4.50. The van der Waals surface area contributed by atoms with E-state index in [1.54, 1.807) is 33.0 Å². The standard InChI is InChI=1S/C22H24FN3O3/c1-22(2,3)29-21(27)25-13-20(26(28)14-15-7-5-4-6-8-15)18-12-24-19-11-16(23)9-10-17(18)19/h4-12,14,20,24H,13H2,1-3H3,(H,25,27)/b26-14+. The molecule has 0 radical (unpaired) electrons. The SMILES string of the molecule is CC(C)(C)OC(=O)NCC(c1c[nH]c2cc(F)ccc12)/[N+]([O-])=C\c1ccccc1. The van der Waals surface area contributed by atoms with E-state index < -0.39 is 17.7 Å². The van der Waals surface area contributed by atoms with Crippen LogP contribution in [-0.2, 0) is 4.74 Å². The smallest absolute Gasteiger partial charge is 0.407 e. The number of nitrogens with zero attached hydrogens (tertiary/aromatic N) is 1. The van der Waals surface area contributed by atoms with Crippen LogP contribution in [0.3, 0.4) is 0 Å². The molecule has 6 nitrogen and oxygen atoms in total. The first-order chi connectivity index (χ1) is 13.7. The van der Waals surface area contributed by atoms with Crippen LogP contribution in [0.4, 0.5) is 9.18 Å². The van der Waals surface area contributed by atoms with Crippen molar-refractivity contribution in [1.82, 2.24) is 10.3 Å². The minimum atomic E-state index is -0.734. The number of H-pyrrole nitrogens is 1. The maximum atomic E-state index is 13.5. The molecule has 0 aliphatic carbocycles. The van der Waals surface area contributed by atoms with E-state index in [-0.39, 0.29) is 12.4 Å². The van der Waals surface area contributed by atoms with Crippen molar-refractivity contribution in [3.05, 3.63) is 76.9 Å². The fourth-order valence-electron chi connectivity index (χ4n) is 3.00. The number of benzene rings is 2. The van der Waals surface area contributed by atoms with E-state index in [2.05, 4.69) is 10.3 Å². The summed E-state index contributed by atoms with van der Waals surface area (Å²) in [7, 11) is 0. The van der Waals surface area contributed by atoms with Gasteiger partial charge in [-0.25, -0.2) is 13.9 Å². The van der Waals surface area contributed by atoms with Crippen LogP contribution in [0, 0.1) is 11.0 Å². The normalized spacial score (nSPS) is 13.3. The van der Waals surface area contributed by atoms with E-state index in [1.165, 1.54) is 18.3 Å². The monoisotopic (exact) mass is 397 g/mol. The predicted molar refractivity (Wildman–Crippen MR) is 110 cm³/mol. The lowest BCUT2D eigenvalue weighted by atomic mass is 10.1. The zero-order chi connectivity index (χ0) is 21.0. The van der Waals surface area contributed by atoms with Crippen molar-refractivity contribution in [2.45, 2.75) is 32.4 Å². The number of ether oxygens (including phenoxy) is 1. The van der Waals surface area contributed by atoms with Crippen LogP contribution in [0.15, 0.2) is 54.7 Å². The Hall–Kier alpha value is -3.35. The maximum Gasteiger partial charge on any atom is 0.407 e. The Balaban J connectivity index is 1.92. The highest BCUT2D eigenvalue weighted by Gasteiger charge is 2.25. The van der Waals surface area contributed by atoms with Crippen molar-refractivity contribution in [3.63, 3.8) is 0 Å². The van der Waals surface area contributed by atoms with Gasteiger partial charge in [-0.15, -0.1) is 0 Å². The molecular formula is C22H24FN3O3. The topological polar surface area (TPSA) is 80.2 Å². The highest BCUT2D eigenvalue weighted by atomic mass is 19.1. The first kappa shape index (κ1) is 20.4. The number of carbonyl (C=O) groups excluding carboxylic acids is 1. The summed E-state index contributed by atoms with van der Waals surface area (Å²) in [5.74, 6) is -0.371. The van der Waals surface area contributed by atoms with Gasteiger partial charge in [-0.05, 0) is 51.1 Å². The number of hydrogen-bond acceptors (Lipinski definition) is 3. The molecule has 2 N–H and O–H groups in total. The molecule has 0 aliphatic heterocycles. The number of alkyl carbamates (subject to hydrolysis) is 1. The quantitative estimate of drug-likeness (QED) is 0.288. The lowest BCUT2D eigenvalue weighted by Gasteiger charge is -2.21. The van der Waals surface area contributed by atoms with Crippen molar-refractivity contribution >= 4 is 23.2 Å². The molecule has 7 heteroatoms. The highest BCUT2D eigenvalue weighted by molar-refractivity contribution is 5.84. The average molecular weight is 397 g/mol. The Labute approximate surface area is 168 Å². The Kier molecular flexibility index (Phi) is 5.87. The number of rotatable bonds is 5. The Morgan fingerprint density at radius 2 is 2.00 bits per heavy atom. The van der Waals surface area contributed by atoms with Crippen LogP contribution in [-0.4, -0.2) is 34.2 Å². The fraction of sp³-hybridized carbons (Fsp3) is 0.273. The van der Waals surface area contributed by atoms with Crippen LogP contribution in [0.5, 0.6) is 0 Å². The molecule has 1 heterocycles. The molecule has 1 atom stereocenters. The third-order valence-electron chi connectivity index (χ3n) is 4.26. The summed E-state index contributed by atoms with van der Waals surface area (Å²) in [5.41, 5.74) is 1.31. The molecule has 3 rings (SSSR count). The van der Waals surface area contributed by atoms with Crippen molar-refractivity contribution < 1.29 is 18.7 Å². The minimum absolute atomic E-state index is 0.0199. The summed E-state index contributed by atoms with van der Waals surface area (Å²) < 4.78 is 19.6. The third-order valence-corrected chi connectivity index (χ3v) is 4.26. The molecule has 0 saturated carbocycles. The van der Waals surface area contributed by atoms with E-state index in [4.69, 9.17) is 4.74 Å². The summed E-state index contributed by atoms with van der Waals surface area (Å²) in [5, 5.41) is 16.4. The molecule has 152 valence electrons. The van der Waals surface area contributed by atoms with Gasteiger partial charge in [0.15, 0.2) is 6.21 Å². The molecule has 0 spiro atoms. The summed E-state index contributed by atoms with van der Waals surface area (Å²) in [6, 6.07) is 12.8. The van der Waals surface area contributed by atoms with Crippen LogP contribution in [0.1, 0.15) is 37.9 Å². The molecule has 1 amide bonds. The number of carbonyl (C=O) groups is 1. The van der Waals surface area contributed by atoms with Gasteiger partial charge in [-0.3, -0.25) is 0 Å². The van der Waals surface area contributed by atoms with Gasteiger partial charge in [0.25, 0.3) is 0 Å². The molecule has 0 saturated heterocycles. The van der Waals surface area contributed by atoms with E-state index in [0.29, 0.717) is 16.5 Å². The first-order valence-corrected chi connectivity index (χ1v) is 9.32. The second kappa shape index (κ2) is 8.34. The van der Waals surface area contributed by atoms with E-state index >= 15 is 0 Å². The van der Waals surface area contributed by atoms with Gasteiger partial charge in [0.05, 0.1) is 6.54 Å². The van der Waals surface area contributed by atoms with Gasteiger partial charge in [-0.2, -0.15) is 0 Å². The molecule has 0 bridgehead atoms. The second-order valence-corrected chi connectivity index (χ2v) is 7.73. The summed E-state index contributed by atoms with van der Waals surface area (Å²) in [4.78, 5) is 15.1. The number of hydroxylamine groups is 1. The summed E-state index contributed by atoms with van der Waals surface area (Å²) in [6.45, 7) is 5.32. The zero-order valence-electron chi connectivity index (χ0n) is 16.6. The lowest BCUT2D eigenvalue weighted by Crippen LogP contribution is -2.36. The largest absolute Gasteiger partial charge is 0.623 e. The number of nitrogens with one attached hydrogen (secondary N) is 2. The third kappa shape index (κ3) is 5.34. The number of aromatic amines is 1. The number of fused-ring (bicyclic) bond motifs is 1. The average Bonchev–Trinajstić information content (AvgIpc) is 3.04. The van der Waals surface area contributed by atoms with Crippen molar-refractivity contribution in [2.24, 2.45) is 0 Å². The minimum Gasteiger partial charge on any atom is -0.623 e. The van der Waals surface area contributed by atoms with E-state index in [9.17, 15) is 14.4 Å². The molecular weight excluding hydrogens is 373 g/mol. The zero-order valence-corrected chi connectivity index (χ0v) is 16.6. The number of amides is 1. The van der Waals surface area contributed by atoms with Gasteiger partial charge >= 0.3 is 6.09 Å². The first-order valence-electron chi connectivity index (χ1n) is 9.32. The fourth-order valence-corrected chi connectivity index (χ4v) is 3.00. The summed E-state index contributed by atoms with van der Waals surface area (Å²) in [6.07, 6.45) is 2.51. The Morgan fingerprint density at radius 1 is 1.28 bits per heavy atom. The van der Waals surface area contributed by atoms with Crippen molar-refractivity contribution in [3.8, 4) is 0 Å². The Morgan fingerprint density at radius 3 is 2.69 bits per heavy atom. The number of halogens is 1.